The summed E-state index contributed by atoms with van der Waals surface area (Å²) in [4.78, 5) is 14.2. The first-order valence-corrected chi connectivity index (χ1v) is 8.33. The molecule has 1 heterocycles. The van der Waals surface area contributed by atoms with Crippen LogP contribution in [-0.2, 0) is 4.74 Å². The molecule has 2 aromatic rings. The van der Waals surface area contributed by atoms with E-state index < -0.39 is 23.5 Å². The number of benzene rings is 2. The van der Waals surface area contributed by atoms with Crippen molar-refractivity contribution >= 4 is 11.8 Å². The molecule has 1 atom stereocenters. The van der Waals surface area contributed by atoms with Crippen molar-refractivity contribution < 1.29 is 22.7 Å². The second kappa shape index (κ2) is 7.78. The number of para-hydroxylation sites is 1. The Morgan fingerprint density at radius 2 is 1.88 bits per heavy atom. The van der Waals surface area contributed by atoms with E-state index in [1.165, 1.54) is 6.07 Å². The summed E-state index contributed by atoms with van der Waals surface area (Å²) in [5.41, 5.74) is 0.344. The Morgan fingerprint density at radius 1 is 1.15 bits per heavy atom. The van der Waals surface area contributed by atoms with Gasteiger partial charge in [0.15, 0.2) is 11.6 Å². The highest BCUT2D eigenvalue weighted by molar-refractivity contribution is 5.91. The van der Waals surface area contributed by atoms with Crippen molar-refractivity contribution in [2.24, 2.45) is 0 Å². The van der Waals surface area contributed by atoms with Crippen molar-refractivity contribution in [3.05, 3.63) is 53.8 Å². The molecule has 138 valence electrons. The molecule has 0 aliphatic carbocycles. The number of hydrogen-bond acceptors (Lipinski definition) is 3. The summed E-state index contributed by atoms with van der Waals surface area (Å²) < 4.78 is 46.0. The van der Waals surface area contributed by atoms with Crippen molar-refractivity contribution in [2.45, 2.75) is 18.9 Å². The summed E-state index contributed by atoms with van der Waals surface area (Å²) in [5.74, 6) is -3.35. The minimum Gasteiger partial charge on any atom is -0.448 e. The van der Waals surface area contributed by atoms with E-state index in [9.17, 15) is 18.0 Å². The molecule has 2 aromatic carbocycles. The third kappa shape index (κ3) is 3.99. The van der Waals surface area contributed by atoms with E-state index in [4.69, 9.17) is 4.74 Å². The van der Waals surface area contributed by atoms with Gasteiger partial charge in [0.05, 0.1) is 5.69 Å². The van der Waals surface area contributed by atoms with Crippen LogP contribution in [-0.4, -0.2) is 37.2 Å². The molecule has 1 fully saturated rings. The van der Waals surface area contributed by atoms with Crippen LogP contribution >= 0.6 is 0 Å². The van der Waals surface area contributed by atoms with Crippen LogP contribution in [0.3, 0.4) is 0 Å². The lowest BCUT2D eigenvalue weighted by atomic mass is 10.0. The zero-order valence-corrected chi connectivity index (χ0v) is 14.3. The highest BCUT2D eigenvalue weighted by atomic mass is 19.2. The Hall–Kier alpha value is -2.54. The fraction of sp³-hybridized carbons (Fsp3) is 0.316. The second-order valence-corrected chi connectivity index (χ2v) is 6.29. The van der Waals surface area contributed by atoms with Crippen molar-refractivity contribution in [3.8, 4) is 11.1 Å². The van der Waals surface area contributed by atoms with E-state index in [-0.39, 0.29) is 29.5 Å². The number of hydrogen-bond donors (Lipinski definition) is 1. The van der Waals surface area contributed by atoms with E-state index in [1.54, 1.807) is 18.2 Å². The van der Waals surface area contributed by atoms with E-state index in [0.717, 1.165) is 25.5 Å². The van der Waals surface area contributed by atoms with Gasteiger partial charge in [0.1, 0.15) is 12.4 Å². The fourth-order valence-electron chi connectivity index (χ4n) is 3.06. The van der Waals surface area contributed by atoms with Crippen molar-refractivity contribution in [3.63, 3.8) is 0 Å². The van der Waals surface area contributed by atoms with Gasteiger partial charge in [-0.05, 0) is 38.6 Å². The van der Waals surface area contributed by atoms with Gasteiger partial charge in [-0.25, -0.2) is 18.0 Å². The molecule has 0 aromatic heterocycles. The average molecular weight is 364 g/mol. The number of carbonyl (C=O) groups is 1. The molecule has 0 saturated carbocycles. The van der Waals surface area contributed by atoms with E-state index in [1.807, 2.05) is 7.05 Å². The smallest absolute Gasteiger partial charge is 0.411 e. The predicted octanol–water partition coefficient (Wildman–Crippen LogP) is 4.41. The zero-order valence-electron chi connectivity index (χ0n) is 14.3. The van der Waals surface area contributed by atoms with Crippen molar-refractivity contribution in [1.29, 1.82) is 0 Å². The predicted molar refractivity (Wildman–Crippen MR) is 92.4 cm³/mol. The number of nitrogens with zero attached hydrogens (tertiary/aromatic N) is 1. The molecule has 4 nitrogen and oxygen atoms in total. The Kier molecular flexibility index (Phi) is 5.46. The minimum absolute atomic E-state index is 0.143. The molecule has 0 bridgehead atoms. The Labute approximate surface area is 149 Å². The third-order valence-electron chi connectivity index (χ3n) is 4.54. The van der Waals surface area contributed by atoms with Gasteiger partial charge in [0.25, 0.3) is 0 Å². The number of nitrogens with one attached hydrogen (secondary N) is 1. The number of halogens is 3. The van der Waals surface area contributed by atoms with Gasteiger partial charge >= 0.3 is 6.09 Å². The fourth-order valence-corrected chi connectivity index (χ4v) is 3.06. The molecule has 26 heavy (non-hydrogen) atoms. The minimum atomic E-state index is -1.27. The van der Waals surface area contributed by atoms with Gasteiger partial charge in [0.2, 0.25) is 0 Å². The summed E-state index contributed by atoms with van der Waals surface area (Å²) in [5, 5.41) is 2.55. The zero-order chi connectivity index (χ0) is 18.7. The molecule has 0 unspecified atom stereocenters. The van der Waals surface area contributed by atoms with Gasteiger partial charge in [-0.15, -0.1) is 0 Å². The van der Waals surface area contributed by atoms with E-state index >= 15 is 0 Å². The molecular weight excluding hydrogens is 345 g/mol. The standard InChI is InChI=1S/C19H19F3N2O2/c1-24-8-4-5-12(24)11-26-19(25)23-18-7-3-2-6-13(18)14-9-16(21)17(22)10-15(14)20/h2-3,6-7,9-10,12H,4-5,8,11H2,1H3,(H,23,25)/t12-/m0/s1. The van der Waals surface area contributed by atoms with Crippen LogP contribution in [0.1, 0.15) is 12.8 Å². The second-order valence-electron chi connectivity index (χ2n) is 6.29. The molecule has 1 amide bonds. The molecule has 0 radical (unpaired) electrons. The molecule has 3 rings (SSSR count). The summed E-state index contributed by atoms with van der Waals surface area (Å²) >= 11 is 0. The number of likely N-dealkylation sites (N-methyl/N-ethyl adjacent to an activating group) is 1. The van der Waals surface area contributed by atoms with Gasteiger partial charge in [0, 0.05) is 23.2 Å². The highest BCUT2D eigenvalue weighted by Gasteiger charge is 2.22. The quantitative estimate of drug-likeness (QED) is 0.817. The van der Waals surface area contributed by atoms with Crippen LogP contribution in [0.15, 0.2) is 36.4 Å². The van der Waals surface area contributed by atoms with Crippen LogP contribution in [0.2, 0.25) is 0 Å². The highest BCUT2D eigenvalue weighted by Crippen LogP contribution is 2.31. The topological polar surface area (TPSA) is 41.6 Å². The van der Waals surface area contributed by atoms with E-state index in [0.29, 0.717) is 6.07 Å². The average Bonchev–Trinajstić information content (AvgIpc) is 3.02. The Morgan fingerprint density at radius 3 is 2.62 bits per heavy atom. The first-order valence-electron chi connectivity index (χ1n) is 8.33. The normalized spacial score (nSPS) is 17.3. The van der Waals surface area contributed by atoms with Crippen molar-refractivity contribution in [2.75, 3.05) is 25.5 Å². The third-order valence-corrected chi connectivity index (χ3v) is 4.54. The molecule has 1 aliphatic rings. The maximum Gasteiger partial charge on any atom is 0.411 e. The molecule has 1 N–H and O–H groups in total. The molecule has 1 saturated heterocycles. The number of likely N-dealkylation sites (tertiary alicyclic amines) is 1. The summed E-state index contributed by atoms with van der Waals surface area (Å²) in [6, 6.07) is 7.73. The van der Waals surface area contributed by atoms with Crippen LogP contribution in [0.25, 0.3) is 11.1 Å². The van der Waals surface area contributed by atoms with Crippen LogP contribution in [0, 0.1) is 17.5 Å². The van der Waals surface area contributed by atoms with E-state index in [2.05, 4.69) is 10.2 Å². The van der Waals surface area contributed by atoms with Gasteiger partial charge in [-0.3, -0.25) is 5.32 Å². The first kappa shape index (κ1) is 18.3. The Bertz CT molecular complexity index is 813. The molecular formula is C19H19F3N2O2. The van der Waals surface area contributed by atoms with Gasteiger partial charge in [-0.1, -0.05) is 18.2 Å². The number of ether oxygens (including phenoxy) is 1. The lowest BCUT2D eigenvalue weighted by molar-refractivity contribution is 0.127. The number of rotatable bonds is 4. The molecule has 7 heteroatoms. The molecule has 1 aliphatic heterocycles. The summed E-state index contributed by atoms with van der Waals surface area (Å²) in [6.07, 6.45) is 1.34. The largest absolute Gasteiger partial charge is 0.448 e. The monoisotopic (exact) mass is 364 g/mol. The summed E-state index contributed by atoms with van der Waals surface area (Å²) in [7, 11) is 1.97. The SMILES string of the molecule is CN1CCC[C@H]1COC(=O)Nc1ccccc1-c1cc(F)c(F)cc1F. The van der Waals surface area contributed by atoms with Crippen LogP contribution in [0.5, 0.6) is 0 Å². The van der Waals surface area contributed by atoms with Gasteiger partial charge in [-0.2, -0.15) is 0 Å². The van der Waals surface area contributed by atoms with Crippen LogP contribution < -0.4 is 5.32 Å². The lowest BCUT2D eigenvalue weighted by Gasteiger charge is -2.19. The van der Waals surface area contributed by atoms with Gasteiger partial charge < -0.3 is 9.64 Å². The maximum atomic E-state index is 14.1. The maximum absolute atomic E-state index is 14.1. The van der Waals surface area contributed by atoms with Crippen LogP contribution in [0.4, 0.5) is 23.7 Å². The Balaban J connectivity index is 1.75. The number of anilines is 1. The summed E-state index contributed by atoms with van der Waals surface area (Å²) in [6.45, 7) is 1.22. The molecule has 0 spiro atoms. The van der Waals surface area contributed by atoms with Crippen molar-refractivity contribution in [1.82, 2.24) is 4.90 Å². The lowest BCUT2D eigenvalue weighted by Crippen LogP contribution is -2.31. The first-order chi connectivity index (χ1) is 12.5. The number of amides is 1. The number of carbonyl (C=O) groups excluding carboxylic acids is 1.